The Balaban J connectivity index is 3.23. The average molecular weight is 673 g/mol. The van der Waals surface area contributed by atoms with Crippen molar-refractivity contribution in [1.82, 2.24) is 21.3 Å². The van der Waals surface area contributed by atoms with E-state index in [0.29, 0.717) is 5.56 Å². The molecule has 7 atom stereocenters. The number of carboxylic acids is 2. The quantitative estimate of drug-likeness (QED) is 0.0470. The first-order valence-corrected chi connectivity index (χ1v) is 14.4. The van der Waals surface area contributed by atoms with Gasteiger partial charge in [-0.25, -0.2) is 4.79 Å². The van der Waals surface area contributed by atoms with Crippen LogP contribution in [-0.2, 0) is 44.8 Å². The number of nitrogens with two attached hydrogens (primary N) is 2. The number of rotatable bonds is 20. The van der Waals surface area contributed by atoms with Crippen molar-refractivity contribution in [3.63, 3.8) is 0 Å². The fraction of sp³-hybridized carbons (Fsp3) is 0.519. The molecule has 0 aliphatic rings. The standard InChI is InChI=1S/C27H40N6O12S/c1-13(35)21(25(41)32-18(12-34)27(43)44)33-23(39)16(8-9-19(36)37)30-24(40)17(11-14-5-3-2-4-6-14)31-26(42)22(46)15(28)7-10-20(38)45-29/h2-6,13,15-18,21-22,34-35,46H,7-12,28-29H2,1H3,(H,30,40)(H,31,42)(H,32,41)(H,33,39)(H,36,37)(H,43,44)/t13-,15+,16+,17-,18+,21+,22?/m1/s1. The minimum atomic E-state index is -1.77. The van der Waals surface area contributed by atoms with Crippen LogP contribution in [0.3, 0.4) is 0 Å². The summed E-state index contributed by atoms with van der Waals surface area (Å²) in [6, 6.07) is 0.921. The SMILES string of the molecule is C[C@@H](O)[C@H](NC(=O)[C@H](CCC(=O)O)NC(=O)[C@@H](Cc1ccccc1)NC(=O)C(S)[C@@H](N)CCC(=O)ON)C(=O)N[C@@H](CO)C(=O)O. The number of aliphatic hydroxyl groups is 2. The fourth-order valence-electron chi connectivity index (χ4n) is 3.93. The van der Waals surface area contributed by atoms with E-state index in [1.807, 2.05) is 5.32 Å². The van der Waals surface area contributed by atoms with Crippen LogP contribution in [0, 0.1) is 0 Å². The maximum atomic E-state index is 13.5. The number of thiol groups is 1. The number of amides is 4. The van der Waals surface area contributed by atoms with Crippen molar-refractivity contribution in [2.75, 3.05) is 6.61 Å². The molecule has 12 N–H and O–H groups in total. The van der Waals surface area contributed by atoms with Crippen LogP contribution in [0.5, 0.6) is 0 Å². The summed E-state index contributed by atoms with van der Waals surface area (Å²) in [7, 11) is 0. The van der Waals surface area contributed by atoms with E-state index >= 15 is 0 Å². The van der Waals surface area contributed by atoms with Gasteiger partial charge < -0.3 is 52.3 Å². The van der Waals surface area contributed by atoms with Crippen molar-refractivity contribution in [2.45, 2.75) is 80.6 Å². The van der Waals surface area contributed by atoms with E-state index in [4.69, 9.17) is 16.7 Å². The minimum absolute atomic E-state index is 0.0336. The first kappa shape index (κ1) is 39.7. The molecule has 46 heavy (non-hydrogen) atoms. The van der Waals surface area contributed by atoms with E-state index in [1.165, 1.54) is 0 Å². The van der Waals surface area contributed by atoms with Gasteiger partial charge in [-0.05, 0) is 25.3 Å². The van der Waals surface area contributed by atoms with Gasteiger partial charge in [0, 0.05) is 25.3 Å². The predicted octanol–water partition coefficient (Wildman–Crippen LogP) is -3.69. The van der Waals surface area contributed by atoms with Crippen LogP contribution in [0.1, 0.15) is 38.2 Å². The minimum Gasteiger partial charge on any atom is -0.481 e. The number of hydrogen-bond acceptors (Lipinski definition) is 13. The van der Waals surface area contributed by atoms with Crippen molar-refractivity contribution in [2.24, 2.45) is 11.6 Å². The molecular weight excluding hydrogens is 632 g/mol. The Kier molecular flexibility index (Phi) is 17.2. The first-order chi connectivity index (χ1) is 21.6. The van der Waals surface area contributed by atoms with E-state index in [-0.39, 0.29) is 19.3 Å². The van der Waals surface area contributed by atoms with Crippen LogP contribution in [-0.4, -0.2) is 110 Å². The summed E-state index contributed by atoms with van der Waals surface area (Å²) in [5.74, 6) is -2.93. The molecule has 0 fully saturated rings. The van der Waals surface area contributed by atoms with Crippen LogP contribution in [0.2, 0.25) is 0 Å². The van der Waals surface area contributed by atoms with Gasteiger partial charge in [-0.15, -0.1) is 0 Å². The normalized spacial score (nSPS) is 15.4. The molecular formula is C27H40N6O12S. The summed E-state index contributed by atoms with van der Waals surface area (Å²) in [5.41, 5.74) is 6.56. The topological polar surface area (TPSA) is 310 Å². The molecule has 0 radical (unpaired) electrons. The first-order valence-electron chi connectivity index (χ1n) is 13.9. The van der Waals surface area contributed by atoms with Gasteiger partial charge in [-0.3, -0.25) is 28.8 Å². The molecule has 1 rings (SSSR count). The molecule has 0 spiro atoms. The van der Waals surface area contributed by atoms with Crippen molar-refractivity contribution in [3.8, 4) is 0 Å². The van der Waals surface area contributed by atoms with Crippen LogP contribution >= 0.6 is 12.6 Å². The lowest BCUT2D eigenvalue weighted by Crippen LogP contribution is -2.61. The van der Waals surface area contributed by atoms with Crippen LogP contribution in [0.15, 0.2) is 30.3 Å². The number of carbonyl (C=O) groups is 7. The maximum absolute atomic E-state index is 13.5. The number of carbonyl (C=O) groups excluding carboxylic acids is 5. The summed E-state index contributed by atoms with van der Waals surface area (Å²) < 4.78 is 0. The lowest BCUT2D eigenvalue weighted by atomic mass is 10.0. The molecule has 0 aromatic heterocycles. The van der Waals surface area contributed by atoms with Gasteiger partial charge in [-0.2, -0.15) is 18.5 Å². The Morgan fingerprint density at radius 3 is 1.91 bits per heavy atom. The fourth-order valence-corrected chi connectivity index (χ4v) is 4.15. The van der Waals surface area contributed by atoms with Gasteiger partial charge in [0.15, 0.2) is 0 Å². The Morgan fingerprint density at radius 2 is 1.39 bits per heavy atom. The smallest absolute Gasteiger partial charge is 0.328 e. The predicted molar refractivity (Wildman–Crippen MR) is 161 cm³/mol. The Hall–Kier alpha value is -4.30. The molecule has 0 heterocycles. The molecule has 1 unspecified atom stereocenters. The van der Waals surface area contributed by atoms with Crippen molar-refractivity contribution in [3.05, 3.63) is 35.9 Å². The molecule has 1 aromatic rings. The van der Waals surface area contributed by atoms with E-state index in [1.54, 1.807) is 30.3 Å². The van der Waals surface area contributed by atoms with Crippen LogP contribution in [0.25, 0.3) is 0 Å². The number of hydrogen-bond donors (Lipinski definition) is 11. The molecule has 256 valence electrons. The lowest BCUT2D eigenvalue weighted by molar-refractivity contribution is -0.145. The molecule has 0 saturated carbocycles. The second kappa shape index (κ2) is 20.0. The third kappa shape index (κ3) is 13.8. The summed E-state index contributed by atoms with van der Waals surface area (Å²) >= 11 is 4.20. The average Bonchev–Trinajstić information content (AvgIpc) is 3.01. The molecule has 0 aliphatic heterocycles. The van der Waals surface area contributed by atoms with Gasteiger partial charge in [0.05, 0.1) is 18.0 Å². The zero-order valence-electron chi connectivity index (χ0n) is 24.8. The van der Waals surface area contributed by atoms with Gasteiger partial charge in [0.1, 0.15) is 24.2 Å². The zero-order valence-corrected chi connectivity index (χ0v) is 25.7. The molecule has 18 nitrogen and oxygen atoms in total. The van der Waals surface area contributed by atoms with Crippen molar-refractivity contribution >= 4 is 54.2 Å². The summed E-state index contributed by atoms with van der Waals surface area (Å²) in [5, 5.41) is 45.3. The van der Waals surface area contributed by atoms with Gasteiger partial charge in [0.25, 0.3) is 0 Å². The Morgan fingerprint density at radius 1 is 0.826 bits per heavy atom. The summed E-state index contributed by atoms with van der Waals surface area (Å²) in [4.78, 5) is 90.2. The second-order valence-electron chi connectivity index (χ2n) is 10.2. The molecule has 0 saturated heterocycles. The number of benzene rings is 1. The van der Waals surface area contributed by atoms with Crippen molar-refractivity contribution < 1.29 is 58.8 Å². The number of carboxylic acid groups (broad SMARTS) is 2. The Labute approximate surface area is 269 Å². The number of nitrogens with one attached hydrogen (secondary N) is 4. The van der Waals surface area contributed by atoms with Crippen molar-refractivity contribution in [1.29, 1.82) is 0 Å². The summed E-state index contributed by atoms with van der Waals surface area (Å²) in [6.45, 7) is 0.110. The van der Waals surface area contributed by atoms with Gasteiger partial charge in [0.2, 0.25) is 23.6 Å². The van der Waals surface area contributed by atoms with E-state index in [2.05, 4.69) is 33.4 Å². The molecule has 4 amide bonds. The van der Waals surface area contributed by atoms with Crippen LogP contribution in [0.4, 0.5) is 0 Å². The highest BCUT2D eigenvalue weighted by molar-refractivity contribution is 7.81. The molecule has 19 heteroatoms. The summed E-state index contributed by atoms with van der Waals surface area (Å²) in [6.07, 6.45) is -3.05. The molecule has 1 aromatic carbocycles. The van der Waals surface area contributed by atoms with Crippen LogP contribution < -0.4 is 32.9 Å². The van der Waals surface area contributed by atoms with Gasteiger partial charge >= 0.3 is 17.9 Å². The third-order valence-electron chi connectivity index (χ3n) is 6.54. The third-order valence-corrected chi connectivity index (χ3v) is 7.16. The molecule has 0 bridgehead atoms. The zero-order chi connectivity index (χ0) is 35.0. The second-order valence-corrected chi connectivity index (χ2v) is 10.7. The number of aliphatic carboxylic acids is 2. The van der Waals surface area contributed by atoms with E-state index in [9.17, 15) is 48.9 Å². The highest BCUT2D eigenvalue weighted by Crippen LogP contribution is 2.11. The highest BCUT2D eigenvalue weighted by atomic mass is 32.1. The number of aliphatic hydroxyl groups excluding tert-OH is 2. The monoisotopic (exact) mass is 672 g/mol. The van der Waals surface area contributed by atoms with E-state index in [0.717, 1.165) is 6.92 Å². The largest absolute Gasteiger partial charge is 0.481 e. The molecule has 0 aliphatic carbocycles. The lowest BCUT2D eigenvalue weighted by Gasteiger charge is -2.27. The maximum Gasteiger partial charge on any atom is 0.328 e. The Bertz CT molecular complexity index is 1220. The van der Waals surface area contributed by atoms with E-state index < -0.39 is 103 Å². The highest BCUT2D eigenvalue weighted by Gasteiger charge is 2.34. The van der Waals surface area contributed by atoms with Gasteiger partial charge in [-0.1, -0.05) is 30.3 Å².